The van der Waals surface area contributed by atoms with Crippen molar-refractivity contribution in [1.82, 2.24) is 10.2 Å². The Morgan fingerprint density at radius 2 is 2.11 bits per heavy atom. The lowest BCUT2D eigenvalue weighted by molar-refractivity contribution is 0.296. The van der Waals surface area contributed by atoms with Crippen molar-refractivity contribution in [2.75, 3.05) is 30.0 Å². The zero-order valence-corrected chi connectivity index (χ0v) is 11.0. The summed E-state index contributed by atoms with van der Waals surface area (Å²) in [6.07, 6.45) is 2.63. The molecule has 0 aliphatic carbocycles. The molecule has 0 spiro atoms. The Balaban J connectivity index is 1.88. The molecule has 0 amide bonds. The molecule has 1 aromatic carbocycles. The molecule has 0 bridgehead atoms. The number of hydrogen-bond acceptors (Lipinski definition) is 5. The van der Waals surface area contributed by atoms with Crippen molar-refractivity contribution in [3.8, 4) is 0 Å². The topological polar surface area (TPSA) is 58.0 Å². The predicted molar refractivity (Wildman–Crippen MR) is 77.1 cm³/mol. The number of nitrogens with one attached hydrogen (secondary N) is 1. The number of benzene rings is 1. The Labute approximate surface area is 111 Å². The first-order chi connectivity index (χ1) is 8.92. The molecule has 1 heterocycles. The molecule has 0 aliphatic rings. The predicted octanol–water partition coefficient (Wildman–Crippen LogP) is 2.16. The summed E-state index contributed by atoms with van der Waals surface area (Å²) in [5.74, 6) is 2.03. The summed E-state index contributed by atoms with van der Waals surface area (Å²) >= 11 is 1.84. The Hall–Kier alpha value is -1.33. The summed E-state index contributed by atoms with van der Waals surface area (Å²) in [6, 6.07) is 7.98. The lowest BCUT2D eigenvalue weighted by atomic mass is 10.2. The van der Waals surface area contributed by atoms with E-state index >= 15 is 0 Å². The first-order valence-corrected chi connectivity index (χ1v) is 7.20. The molecule has 0 unspecified atom stereocenters. The molecule has 5 heteroatoms. The summed E-state index contributed by atoms with van der Waals surface area (Å²) in [5, 5.41) is 21.2. The number of fused-ring (bicyclic) bond motifs is 1. The minimum atomic E-state index is 0.277. The molecule has 0 atom stereocenters. The van der Waals surface area contributed by atoms with E-state index in [4.69, 9.17) is 5.11 Å². The van der Waals surface area contributed by atoms with E-state index in [1.54, 1.807) is 6.20 Å². The highest BCUT2D eigenvalue weighted by Gasteiger charge is 2.00. The number of nitrogens with zero attached hydrogens (tertiary/aromatic N) is 2. The van der Waals surface area contributed by atoms with Crippen molar-refractivity contribution in [1.29, 1.82) is 0 Å². The van der Waals surface area contributed by atoms with E-state index in [-0.39, 0.29) is 6.61 Å². The van der Waals surface area contributed by atoms with Crippen LogP contribution in [0.2, 0.25) is 0 Å². The summed E-state index contributed by atoms with van der Waals surface area (Å²) in [7, 11) is 0. The second-order valence-corrected chi connectivity index (χ2v) is 5.12. The van der Waals surface area contributed by atoms with Crippen molar-refractivity contribution < 1.29 is 5.11 Å². The largest absolute Gasteiger partial charge is 0.396 e. The van der Waals surface area contributed by atoms with Crippen LogP contribution in [0.4, 0.5) is 5.69 Å². The fourth-order valence-electron chi connectivity index (χ4n) is 1.67. The highest BCUT2D eigenvalue weighted by atomic mass is 32.2. The maximum Gasteiger partial charge on any atom is 0.0950 e. The molecule has 1 aromatic heterocycles. The lowest BCUT2D eigenvalue weighted by Crippen LogP contribution is -2.06. The second kappa shape index (κ2) is 7.18. The Kier molecular flexibility index (Phi) is 5.23. The van der Waals surface area contributed by atoms with Crippen molar-refractivity contribution in [2.45, 2.75) is 6.42 Å². The van der Waals surface area contributed by atoms with Gasteiger partial charge in [0.25, 0.3) is 0 Å². The van der Waals surface area contributed by atoms with Gasteiger partial charge in [0.1, 0.15) is 0 Å². The van der Waals surface area contributed by atoms with Crippen molar-refractivity contribution in [3.63, 3.8) is 0 Å². The van der Waals surface area contributed by atoms with Crippen LogP contribution >= 0.6 is 11.8 Å². The Morgan fingerprint density at radius 1 is 1.22 bits per heavy atom. The van der Waals surface area contributed by atoms with Crippen LogP contribution in [0.3, 0.4) is 0 Å². The van der Waals surface area contributed by atoms with Crippen molar-refractivity contribution in [2.24, 2.45) is 0 Å². The van der Waals surface area contributed by atoms with E-state index < -0.39 is 0 Å². The van der Waals surface area contributed by atoms with E-state index in [9.17, 15) is 0 Å². The van der Waals surface area contributed by atoms with Gasteiger partial charge in [-0.1, -0.05) is 18.2 Å². The van der Waals surface area contributed by atoms with Gasteiger partial charge in [0.15, 0.2) is 0 Å². The summed E-state index contributed by atoms with van der Waals surface area (Å²) < 4.78 is 0. The van der Waals surface area contributed by atoms with Crippen LogP contribution in [-0.4, -0.2) is 40.0 Å². The van der Waals surface area contributed by atoms with Gasteiger partial charge in [-0.25, -0.2) is 0 Å². The smallest absolute Gasteiger partial charge is 0.0950 e. The van der Waals surface area contributed by atoms with Gasteiger partial charge in [-0.15, -0.1) is 0 Å². The highest BCUT2D eigenvalue weighted by Crippen LogP contribution is 2.19. The molecule has 18 heavy (non-hydrogen) atoms. The fraction of sp³-hybridized carbons (Fsp3) is 0.385. The van der Waals surface area contributed by atoms with E-state index in [2.05, 4.69) is 15.5 Å². The molecule has 4 nitrogen and oxygen atoms in total. The van der Waals surface area contributed by atoms with Crippen molar-refractivity contribution >= 4 is 28.4 Å². The quantitative estimate of drug-likeness (QED) is 0.750. The number of thioether (sulfide) groups is 1. The van der Waals surface area contributed by atoms with Gasteiger partial charge in [0.05, 0.1) is 17.4 Å². The minimum absolute atomic E-state index is 0.277. The van der Waals surface area contributed by atoms with Crippen LogP contribution in [0.15, 0.2) is 30.5 Å². The molecule has 96 valence electrons. The summed E-state index contributed by atoms with van der Waals surface area (Å²) in [5.41, 5.74) is 1.94. The van der Waals surface area contributed by atoms with Crippen LogP contribution in [0.1, 0.15) is 6.42 Å². The van der Waals surface area contributed by atoms with Crippen LogP contribution in [0, 0.1) is 0 Å². The number of aromatic nitrogens is 2. The highest BCUT2D eigenvalue weighted by molar-refractivity contribution is 7.99. The van der Waals surface area contributed by atoms with Gasteiger partial charge in [0, 0.05) is 24.3 Å². The maximum atomic E-state index is 8.67. The van der Waals surface area contributed by atoms with Gasteiger partial charge in [-0.3, -0.25) is 0 Å². The first-order valence-electron chi connectivity index (χ1n) is 6.04. The monoisotopic (exact) mass is 263 g/mol. The van der Waals surface area contributed by atoms with Gasteiger partial charge in [-0.2, -0.15) is 22.0 Å². The number of rotatable bonds is 7. The number of hydrogen-bond donors (Lipinski definition) is 2. The second-order valence-electron chi connectivity index (χ2n) is 3.89. The van der Waals surface area contributed by atoms with Gasteiger partial charge >= 0.3 is 0 Å². The molecule has 2 rings (SSSR count). The van der Waals surface area contributed by atoms with Gasteiger partial charge < -0.3 is 10.4 Å². The Bertz CT molecular complexity index is 487. The van der Waals surface area contributed by atoms with E-state index in [0.29, 0.717) is 0 Å². The van der Waals surface area contributed by atoms with Gasteiger partial charge in [-0.05, 0) is 18.2 Å². The normalized spacial score (nSPS) is 10.7. The molecule has 0 saturated heterocycles. The van der Waals surface area contributed by atoms with E-state index in [0.717, 1.165) is 41.1 Å². The molecule has 2 aromatic rings. The minimum Gasteiger partial charge on any atom is -0.396 e. The molecule has 2 N–H and O–H groups in total. The zero-order valence-electron chi connectivity index (χ0n) is 10.2. The van der Waals surface area contributed by atoms with Crippen molar-refractivity contribution in [3.05, 3.63) is 30.5 Å². The molecular formula is C13H17N3OS. The summed E-state index contributed by atoms with van der Waals surface area (Å²) in [4.78, 5) is 0. The van der Waals surface area contributed by atoms with Crippen LogP contribution < -0.4 is 5.32 Å². The van der Waals surface area contributed by atoms with E-state index in [1.165, 1.54) is 0 Å². The standard InChI is InChI=1S/C13H17N3OS/c17-7-3-8-18-9-6-14-13-10-15-16-12-5-2-1-4-11(12)13/h1-2,4-5,10,17H,3,6-9H2,(H,14,16). The third-order valence-electron chi connectivity index (χ3n) is 2.56. The third kappa shape index (κ3) is 3.58. The molecule has 0 saturated carbocycles. The number of anilines is 1. The molecule has 0 aliphatic heterocycles. The zero-order chi connectivity index (χ0) is 12.6. The van der Waals surface area contributed by atoms with Crippen LogP contribution in [0.5, 0.6) is 0 Å². The lowest BCUT2D eigenvalue weighted by Gasteiger charge is -2.08. The number of aliphatic hydroxyl groups is 1. The number of aliphatic hydroxyl groups excluding tert-OH is 1. The summed E-state index contributed by atoms with van der Waals surface area (Å²) in [6.45, 7) is 1.17. The van der Waals surface area contributed by atoms with E-state index in [1.807, 2.05) is 36.0 Å². The molecule has 0 fully saturated rings. The molecular weight excluding hydrogens is 246 g/mol. The fourth-order valence-corrected chi connectivity index (χ4v) is 2.46. The van der Waals surface area contributed by atoms with Gasteiger partial charge in [0.2, 0.25) is 0 Å². The average Bonchev–Trinajstić information content (AvgIpc) is 2.43. The third-order valence-corrected chi connectivity index (χ3v) is 3.63. The van der Waals surface area contributed by atoms with Crippen LogP contribution in [-0.2, 0) is 0 Å². The SMILES string of the molecule is OCCCSCCNc1cnnc2ccccc12. The molecule has 0 radical (unpaired) electrons. The first kappa shape index (κ1) is 13.1. The Morgan fingerprint density at radius 3 is 3.00 bits per heavy atom. The van der Waals surface area contributed by atoms with Crippen LogP contribution in [0.25, 0.3) is 10.9 Å². The maximum absolute atomic E-state index is 8.67. The average molecular weight is 263 g/mol.